The summed E-state index contributed by atoms with van der Waals surface area (Å²) in [6.45, 7) is 3.31. The maximum Gasteiger partial charge on any atom is 0.240 e. The normalized spacial score (nSPS) is 11.2. The van der Waals surface area contributed by atoms with Crippen molar-refractivity contribution in [2.24, 2.45) is 5.10 Å². The number of nitrogens with one attached hydrogen (secondary N) is 4. The van der Waals surface area contributed by atoms with Crippen LogP contribution in [0.15, 0.2) is 52.0 Å². The van der Waals surface area contributed by atoms with Gasteiger partial charge in [-0.15, -0.1) is 16.4 Å². The molecule has 1 aromatic carbocycles. The van der Waals surface area contributed by atoms with Crippen molar-refractivity contribution in [3.8, 4) is 0 Å². The molecule has 9 nitrogen and oxygen atoms in total. The number of nitrogens with zero attached hydrogens (tertiary/aromatic N) is 3. The number of carbonyl (C=O) groups excluding carboxylic acids is 2. The Morgan fingerprint density at radius 3 is 2.59 bits per heavy atom. The van der Waals surface area contributed by atoms with Crippen LogP contribution >= 0.6 is 23.1 Å². The highest BCUT2D eigenvalue weighted by Gasteiger charge is 2.10. The molecule has 0 aliphatic rings. The lowest BCUT2D eigenvalue weighted by molar-refractivity contribution is -0.115. The predicted molar refractivity (Wildman–Crippen MR) is 117 cm³/mol. The van der Waals surface area contributed by atoms with E-state index >= 15 is 0 Å². The maximum atomic E-state index is 12.2. The van der Waals surface area contributed by atoms with Gasteiger partial charge in [0.1, 0.15) is 0 Å². The van der Waals surface area contributed by atoms with Crippen LogP contribution in [0.4, 0.5) is 17.3 Å². The Hall–Kier alpha value is -3.18. The lowest BCUT2D eigenvalue weighted by Gasteiger charge is -2.10. The van der Waals surface area contributed by atoms with Gasteiger partial charge in [-0.3, -0.25) is 9.59 Å². The number of H-pyrrole nitrogens is 1. The number of aromatic amines is 1. The number of anilines is 3. The van der Waals surface area contributed by atoms with Gasteiger partial charge in [0, 0.05) is 11.8 Å². The number of thiophene rings is 1. The molecule has 0 spiro atoms. The SMILES string of the molecule is CC(=O)Nc1ccccc1NC(=O)CSc1n[nH]c(N/N=C(/C)c2cccs2)n1. The Bertz CT molecular complexity index is 1010. The third-order valence-corrected chi connectivity index (χ3v) is 5.34. The maximum absolute atomic E-state index is 12.2. The lowest BCUT2D eigenvalue weighted by Crippen LogP contribution is -2.16. The average molecular weight is 430 g/mol. The zero-order chi connectivity index (χ0) is 20.6. The van der Waals surface area contributed by atoms with Crippen molar-refractivity contribution in [3.63, 3.8) is 0 Å². The fourth-order valence-electron chi connectivity index (χ4n) is 2.24. The van der Waals surface area contributed by atoms with E-state index < -0.39 is 0 Å². The van der Waals surface area contributed by atoms with Gasteiger partial charge in [0.05, 0.1) is 22.8 Å². The van der Waals surface area contributed by atoms with Crippen LogP contribution in [0, 0.1) is 0 Å². The molecule has 0 fully saturated rings. The Morgan fingerprint density at radius 2 is 1.90 bits per heavy atom. The largest absolute Gasteiger partial charge is 0.325 e. The summed E-state index contributed by atoms with van der Waals surface area (Å²) in [5, 5.41) is 18.9. The summed E-state index contributed by atoms with van der Waals surface area (Å²) in [4.78, 5) is 28.8. The number of thioether (sulfide) groups is 1. The number of hydrazone groups is 1. The molecule has 2 heterocycles. The molecule has 0 atom stereocenters. The van der Waals surface area contributed by atoms with Crippen molar-refractivity contribution < 1.29 is 9.59 Å². The number of rotatable bonds is 8. The summed E-state index contributed by atoms with van der Waals surface area (Å²) in [7, 11) is 0. The second-order valence-corrected chi connectivity index (χ2v) is 7.71. The fraction of sp³-hybridized carbons (Fsp3) is 0.167. The van der Waals surface area contributed by atoms with Crippen LogP contribution in [-0.4, -0.2) is 38.5 Å². The molecule has 150 valence electrons. The van der Waals surface area contributed by atoms with Crippen molar-refractivity contribution in [3.05, 3.63) is 46.7 Å². The average Bonchev–Trinajstić information content (AvgIpc) is 3.38. The van der Waals surface area contributed by atoms with Gasteiger partial charge in [-0.1, -0.05) is 30.0 Å². The minimum absolute atomic E-state index is 0.114. The highest BCUT2D eigenvalue weighted by molar-refractivity contribution is 7.99. The van der Waals surface area contributed by atoms with Gasteiger partial charge in [-0.2, -0.15) is 10.1 Å². The predicted octanol–water partition coefficient (Wildman–Crippen LogP) is 3.39. The molecular weight excluding hydrogens is 410 g/mol. The Balaban J connectivity index is 1.51. The van der Waals surface area contributed by atoms with Crippen LogP contribution in [0.25, 0.3) is 0 Å². The summed E-state index contributed by atoms with van der Waals surface area (Å²) >= 11 is 2.78. The van der Waals surface area contributed by atoms with Gasteiger partial charge in [-0.05, 0) is 30.5 Å². The Morgan fingerprint density at radius 1 is 1.14 bits per heavy atom. The highest BCUT2D eigenvalue weighted by Crippen LogP contribution is 2.22. The number of hydrogen-bond acceptors (Lipinski definition) is 8. The molecule has 0 unspecified atom stereocenters. The quantitative estimate of drug-likeness (QED) is 0.247. The zero-order valence-electron chi connectivity index (χ0n) is 15.7. The minimum Gasteiger partial charge on any atom is -0.325 e. The number of carbonyl (C=O) groups is 2. The minimum atomic E-state index is -0.237. The number of para-hydroxylation sites is 2. The first-order chi connectivity index (χ1) is 14.0. The van der Waals surface area contributed by atoms with Gasteiger partial charge in [-0.25, -0.2) is 10.5 Å². The molecule has 0 saturated heterocycles. The number of hydrogen-bond donors (Lipinski definition) is 4. The van der Waals surface area contributed by atoms with E-state index in [2.05, 4.69) is 36.3 Å². The smallest absolute Gasteiger partial charge is 0.240 e. The third kappa shape index (κ3) is 6.16. The van der Waals surface area contributed by atoms with E-state index in [9.17, 15) is 9.59 Å². The zero-order valence-corrected chi connectivity index (χ0v) is 17.4. The molecule has 2 aromatic heterocycles. The molecule has 11 heteroatoms. The van der Waals surface area contributed by atoms with Crippen LogP contribution in [0.3, 0.4) is 0 Å². The van der Waals surface area contributed by atoms with E-state index in [4.69, 9.17) is 0 Å². The summed E-state index contributed by atoms with van der Waals surface area (Å²) in [5.74, 6) is 0.0562. The fourth-order valence-corrected chi connectivity index (χ4v) is 3.52. The van der Waals surface area contributed by atoms with E-state index in [1.165, 1.54) is 18.7 Å². The third-order valence-electron chi connectivity index (χ3n) is 3.52. The van der Waals surface area contributed by atoms with Crippen molar-refractivity contribution >= 4 is 57.9 Å². The number of amides is 2. The first kappa shape index (κ1) is 20.6. The topological polar surface area (TPSA) is 124 Å². The molecule has 2 amide bonds. The van der Waals surface area contributed by atoms with Gasteiger partial charge in [0.25, 0.3) is 0 Å². The summed E-state index contributed by atoms with van der Waals surface area (Å²) < 4.78 is 0. The molecule has 0 aliphatic heterocycles. The molecule has 0 bridgehead atoms. The molecular formula is C18H19N7O2S2. The van der Waals surface area contributed by atoms with Gasteiger partial charge in [0.2, 0.25) is 22.9 Å². The van der Waals surface area contributed by atoms with Crippen LogP contribution < -0.4 is 16.1 Å². The molecule has 0 saturated carbocycles. The van der Waals surface area contributed by atoms with Gasteiger partial charge < -0.3 is 10.6 Å². The van der Waals surface area contributed by atoms with Crippen molar-refractivity contribution in [1.29, 1.82) is 0 Å². The molecule has 29 heavy (non-hydrogen) atoms. The standard InChI is InChI=1S/C18H19N7O2S2/c1-11(15-8-5-9-28-15)22-23-17-21-18(25-24-17)29-10-16(27)20-14-7-4-3-6-13(14)19-12(2)26/h3-9H,10H2,1-2H3,(H,19,26)(H,20,27)(H2,21,23,24,25)/b22-11-. The van der Waals surface area contributed by atoms with E-state index in [0.717, 1.165) is 10.6 Å². The first-order valence-electron chi connectivity index (χ1n) is 8.57. The molecule has 3 aromatic rings. The van der Waals surface area contributed by atoms with Crippen molar-refractivity contribution in [1.82, 2.24) is 15.2 Å². The van der Waals surface area contributed by atoms with Gasteiger partial charge >= 0.3 is 0 Å². The molecule has 0 aliphatic carbocycles. The Kier molecular flexibility index (Phi) is 6.98. The van der Waals surface area contributed by atoms with Crippen LogP contribution in [0.5, 0.6) is 0 Å². The van der Waals surface area contributed by atoms with Crippen LogP contribution in [0.1, 0.15) is 18.7 Å². The first-order valence-corrected chi connectivity index (χ1v) is 10.4. The van der Waals surface area contributed by atoms with E-state index in [1.807, 2.05) is 24.4 Å². The molecule has 4 N–H and O–H groups in total. The highest BCUT2D eigenvalue weighted by atomic mass is 32.2. The van der Waals surface area contributed by atoms with Crippen molar-refractivity contribution in [2.75, 3.05) is 21.8 Å². The second-order valence-electron chi connectivity index (χ2n) is 5.82. The second kappa shape index (κ2) is 9.85. The van der Waals surface area contributed by atoms with Crippen LogP contribution in [0.2, 0.25) is 0 Å². The Labute approximate surface area is 175 Å². The molecule has 0 radical (unpaired) electrons. The van der Waals surface area contributed by atoms with E-state index in [1.54, 1.807) is 35.6 Å². The lowest BCUT2D eigenvalue weighted by atomic mass is 10.2. The van der Waals surface area contributed by atoms with E-state index in [0.29, 0.717) is 22.5 Å². The monoisotopic (exact) mass is 429 g/mol. The summed E-state index contributed by atoms with van der Waals surface area (Å²) in [6, 6.07) is 10.9. The van der Waals surface area contributed by atoms with Gasteiger partial charge in [0.15, 0.2) is 0 Å². The van der Waals surface area contributed by atoms with E-state index in [-0.39, 0.29) is 17.6 Å². The summed E-state index contributed by atoms with van der Waals surface area (Å²) in [6.07, 6.45) is 0. The number of aromatic nitrogens is 3. The summed E-state index contributed by atoms with van der Waals surface area (Å²) in [5.41, 5.74) is 4.73. The molecule has 3 rings (SSSR count). The number of benzene rings is 1. The van der Waals surface area contributed by atoms with Crippen molar-refractivity contribution in [2.45, 2.75) is 19.0 Å². The van der Waals surface area contributed by atoms with Crippen LogP contribution in [-0.2, 0) is 9.59 Å².